The molecule has 2 heterocycles. The van der Waals surface area contributed by atoms with Crippen molar-refractivity contribution in [3.05, 3.63) is 30.1 Å². The highest BCUT2D eigenvalue weighted by molar-refractivity contribution is 5.74. The number of aliphatic carboxylic acids is 1. The van der Waals surface area contributed by atoms with Crippen LogP contribution in [0.1, 0.15) is 12.0 Å². The van der Waals surface area contributed by atoms with E-state index in [-0.39, 0.29) is 12.5 Å². The van der Waals surface area contributed by atoms with E-state index in [0.717, 1.165) is 5.56 Å². The van der Waals surface area contributed by atoms with Crippen molar-refractivity contribution in [3.8, 4) is 0 Å². The predicted octanol–water partition coefficient (Wildman–Crippen LogP) is 0.467. The number of rotatable bonds is 4. The summed E-state index contributed by atoms with van der Waals surface area (Å²) in [6.07, 6.45) is 2.83. The first-order chi connectivity index (χ1) is 9.65. The largest absolute Gasteiger partial charge is 0.481 e. The molecule has 108 valence electrons. The van der Waals surface area contributed by atoms with Gasteiger partial charge in [0.25, 0.3) is 0 Å². The van der Waals surface area contributed by atoms with Crippen LogP contribution in [0, 0.1) is 0 Å². The lowest BCUT2D eigenvalue weighted by molar-refractivity contribution is -0.141. The zero-order valence-corrected chi connectivity index (χ0v) is 11.0. The fourth-order valence-electron chi connectivity index (χ4n) is 2.01. The number of ether oxygens (including phenoxy) is 1. The second kappa shape index (κ2) is 6.85. The van der Waals surface area contributed by atoms with Gasteiger partial charge in [-0.2, -0.15) is 0 Å². The zero-order chi connectivity index (χ0) is 14.4. The summed E-state index contributed by atoms with van der Waals surface area (Å²) in [6, 6.07) is 3.46. The highest BCUT2D eigenvalue weighted by atomic mass is 16.5. The summed E-state index contributed by atoms with van der Waals surface area (Å²) in [6.45, 7) is 1.52. The quantitative estimate of drug-likeness (QED) is 0.835. The van der Waals surface area contributed by atoms with Crippen LogP contribution in [0.5, 0.6) is 0 Å². The summed E-state index contributed by atoms with van der Waals surface area (Å²) in [5.41, 5.74) is 0.913. The molecule has 0 spiro atoms. The molecular formula is C13H17N3O4. The van der Waals surface area contributed by atoms with E-state index in [2.05, 4.69) is 10.3 Å². The van der Waals surface area contributed by atoms with Gasteiger partial charge in [-0.1, -0.05) is 6.07 Å². The van der Waals surface area contributed by atoms with Crippen molar-refractivity contribution < 1.29 is 19.4 Å². The molecule has 2 amide bonds. The molecule has 1 aromatic rings. The minimum Gasteiger partial charge on any atom is -0.481 e. The molecule has 0 bridgehead atoms. The number of nitrogens with zero attached hydrogens (tertiary/aromatic N) is 2. The normalized spacial score (nSPS) is 18.6. The van der Waals surface area contributed by atoms with E-state index in [9.17, 15) is 9.59 Å². The van der Waals surface area contributed by atoms with Gasteiger partial charge in [0.2, 0.25) is 0 Å². The maximum absolute atomic E-state index is 12.0. The number of carbonyl (C=O) groups excluding carboxylic acids is 1. The summed E-state index contributed by atoms with van der Waals surface area (Å²) in [4.78, 5) is 28.2. The van der Waals surface area contributed by atoms with E-state index < -0.39 is 12.1 Å². The molecule has 0 saturated carbocycles. The maximum Gasteiger partial charge on any atom is 0.317 e. The number of hydrogen-bond acceptors (Lipinski definition) is 4. The van der Waals surface area contributed by atoms with Gasteiger partial charge in [0.15, 0.2) is 0 Å². The van der Waals surface area contributed by atoms with Crippen molar-refractivity contribution in [2.45, 2.75) is 19.1 Å². The number of morpholine rings is 1. The third-order valence-electron chi connectivity index (χ3n) is 2.99. The molecule has 7 nitrogen and oxygen atoms in total. The summed E-state index contributed by atoms with van der Waals surface area (Å²) in [5.74, 6) is -0.924. The Morgan fingerprint density at radius 3 is 3.10 bits per heavy atom. The van der Waals surface area contributed by atoms with Crippen LogP contribution in [0.25, 0.3) is 0 Å². The van der Waals surface area contributed by atoms with Gasteiger partial charge >= 0.3 is 12.0 Å². The Morgan fingerprint density at radius 2 is 2.40 bits per heavy atom. The molecule has 1 aliphatic heterocycles. The van der Waals surface area contributed by atoms with Crippen LogP contribution in [0.2, 0.25) is 0 Å². The van der Waals surface area contributed by atoms with Crippen LogP contribution < -0.4 is 5.32 Å². The molecule has 0 aliphatic carbocycles. The number of carboxylic acid groups (broad SMARTS) is 1. The molecule has 2 rings (SSSR count). The third kappa shape index (κ3) is 4.20. The lowest BCUT2D eigenvalue weighted by Crippen LogP contribution is -2.49. The van der Waals surface area contributed by atoms with E-state index >= 15 is 0 Å². The number of aromatic nitrogens is 1. The van der Waals surface area contributed by atoms with E-state index in [1.165, 1.54) is 0 Å². The van der Waals surface area contributed by atoms with Crippen molar-refractivity contribution >= 4 is 12.0 Å². The molecule has 1 aromatic heterocycles. The molecule has 1 atom stereocenters. The fraction of sp³-hybridized carbons (Fsp3) is 0.462. The van der Waals surface area contributed by atoms with Crippen molar-refractivity contribution in [2.75, 3.05) is 19.7 Å². The monoisotopic (exact) mass is 279 g/mol. The van der Waals surface area contributed by atoms with Gasteiger partial charge in [0, 0.05) is 32.0 Å². The van der Waals surface area contributed by atoms with Gasteiger partial charge < -0.3 is 20.1 Å². The summed E-state index contributed by atoms with van der Waals surface area (Å²) < 4.78 is 5.32. The Hall–Kier alpha value is -2.15. The average molecular weight is 279 g/mol. The molecule has 0 radical (unpaired) electrons. The predicted molar refractivity (Wildman–Crippen MR) is 70.0 cm³/mol. The Labute approximate surface area is 116 Å². The first-order valence-electron chi connectivity index (χ1n) is 6.40. The van der Waals surface area contributed by atoms with E-state index in [0.29, 0.717) is 26.2 Å². The number of carbonyl (C=O) groups is 2. The number of pyridine rings is 1. The van der Waals surface area contributed by atoms with E-state index in [1.54, 1.807) is 23.4 Å². The van der Waals surface area contributed by atoms with Crippen LogP contribution in [-0.4, -0.2) is 52.8 Å². The maximum atomic E-state index is 12.0. The topological polar surface area (TPSA) is 91.8 Å². The third-order valence-corrected chi connectivity index (χ3v) is 2.99. The van der Waals surface area contributed by atoms with Crippen molar-refractivity contribution in [3.63, 3.8) is 0 Å². The highest BCUT2D eigenvalue weighted by Crippen LogP contribution is 2.09. The van der Waals surface area contributed by atoms with Crippen LogP contribution in [0.15, 0.2) is 24.5 Å². The number of urea groups is 1. The lowest BCUT2D eigenvalue weighted by atomic mass is 10.2. The Morgan fingerprint density at radius 1 is 1.55 bits per heavy atom. The van der Waals surface area contributed by atoms with Crippen molar-refractivity contribution in [1.82, 2.24) is 15.2 Å². The number of amides is 2. The smallest absolute Gasteiger partial charge is 0.317 e. The molecule has 0 aromatic carbocycles. The second-order valence-electron chi connectivity index (χ2n) is 4.56. The van der Waals surface area contributed by atoms with Crippen molar-refractivity contribution in [1.29, 1.82) is 0 Å². The lowest BCUT2D eigenvalue weighted by Gasteiger charge is -2.32. The molecule has 1 saturated heterocycles. The van der Waals surface area contributed by atoms with Crippen molar-refractivity contribution in [2.24, 2.45) is 0 Å². The van der Waals surface area contributed by atoms with Gasteiger partial charge in [-0.15, -0.1) is 0 Å². The fourth-order valence-corrected chi connectivity index (χ4v) is 2.01. The molecule has 2 N–H and O–H groups in total. The Kier molecular flexibility index (Phi) is 4.89. The summed E-state index contributed by atoms with van der Waals surface area (Å²) in [5, 5.41) is 11.5. The standard InChI is InChI=1S/C13H17N3O4/c17-12(18)6-11-9-16(4-5-20-11)13(19)15-8-10-2-1-3-14-7-10/h1-3,7,11H,4-6,8-9H2,(H,15,19)(H,17,18). The molecular weight excluding hydrogens is 262 g/mol. The molecule has 20 heavy (non-hydrogen) atoms. The average Bonchev–Trinajstić information content (AvgIpc) is 2.45. The van der Waals surface area contributed by atoms with Crippen LogP contribution in [-0.2, 0) is 16.1 Å². The zero-order valence-electron chi connectivity index (χ0n) is 11.0. The Balaban J connectivity index is 1.81. The minimum atomic E-state index is -0.924. The van der Waals surface area contributed by atoms with Gasteiger partial charge in [-0.25, -0.2) is 4.79 Å². The van der Waals surface area contributed by atoms with Crippen LogP contribution >= 0.6 is 0 Å². The molecule has 1 fully saturated rings. The van der Waals surface area contributed by atoms with Crippen LogP contribution in [0.3, 0.4) is 0 Å². The Bertz CT molecular complexity index is 466. The number of hydrogen-bond donors (Lipinski definition) is 2. The molecule has 7 heteroatoms. The highest BCUT2D eigenvalue weighted by Gasteiger charge is 2.25. The van der Waals surface area contributed by atoms with Gasteiger partial charge in [-0.05, 0) is 11.6 Å². The van der Waals surface area contributed by atoms with Gasteiger partial charge in [-0.3, -0.25) is 9.78 Å². The van der Waals surface area contributed by atoms with Gasteiger partial charge in [0.1, 0.15) is 0 Å². The van der Waals surface area contributed by atoms with Crippen LogP contribution in [0.4, 0.5) is 4.79 Å². The van der Waals surface area contributed by atoms with E-state index in [4.69, 9.17) is 9.84 Å². The number of carboxylic acids is 1. The minimum absolute atomic E-state index is 0.0909. The second-order valence-corrected chi connectivity index (χ2v) is 4.56. The van der Waals surface area contributed by atoms with Gasteiger partial charge in [0.05, 0.1) is 19.1 Å². The number of nitrogens with one attached hydrogen (secondary N) is 1. The first-order valence-corrected chi connectivity index (χ1v) is 6.40. The molecule has 1 aliphatic rings. The summed E-state index contributed by atoms with van der Waals surface area (Å²) in [7, 11) is 0. The summed E-state index contributed by atoms with van der Waals surface area (Å²) >= 11 is 0. The molecule has 1 unspecified atom stereocenters. The first kappa shape index (κ1) is 14.3. The SMILES string of the molecule is O=C(O)CC1CN(C(=O)NCc2cccnc2)CCO1. The van der Waals surface area contributed by atoms with E-state index in [1.807, 2.05) is 6.07 Å².